The van der Waals surface area contributed by atoms with Crippen molar-refractivity contribution in [2.75, 3.05) is 6.54 Å². The third kappa shape index (κ3) is 2.77. The molecule has 0 spiro atoms. The molecule has 2 unspecified atom stereocenters. The molecule has 0 saturated heterocycles. The zero-order valence-corrected chi connectivity index (χ0v) is 11.9. The molecule has 0 radical (unpaired) electrons. The van der Waals surface area contributed by atoms with E-state index in [4.69, 9.17) is 0 Å². The number of hydrogen-bond donors (Lipinski definition) is 1. The third-order valence-corrected chi connectivity index (χ3v) is 4.37. The molecule has 2 atom stereocenters. The Morgan fingerprint density at radius 3 is 2.33 bits per heavy atom. The highest BCUT2D eigenvalue weighted by Crippen LogP contribution is 2.47. The van der Waals surface area contributed by atoms with Gasteiger partial charge >= 0.3 is 0 Å². The van der Waals surface area contributed by atoms with Crippen molar-refractivity contribution in [1.82, 2.24) is 5.32 Å². The predicted octanol–water partition coefficient (Wildman–Crippen LogP) is 3.84. The van der Waals surface area contributed by atoms with Crippen LogP contribution in [-0.2, 0) is 5.41 Å². The molecule has 0 bridgehead atoms. The van der Waals surface area contributed by atoms with Crippen molar-refractivity contribution < 1.29 is 0 Å². The van der Waals surface area contributed by atoms with Gasteiger partial charge in [0.25, 0.3) is 0 Å². The van der Waals surface area contributed by atoms with Crippen molar-refractivity contribution in [2.24, 2.45) is 5.92 Å². The summed E-state index contributed by atoms with van der Waals surface area (Å²) in [7, 11) is 0. The number of nitrogens with one attached hydrogen (secondary N) is 1. The molecule has 3 rings (SSSR count). The van der Waals surface area contributed by atoms with Crippen molar-refractivity contribution in [2.45, 2.75) is 57.4 Å². The van der Waals surface area contributed by atoms with Gasteiger partial charge in [0, 0.05) is 6.04 Å². The second-order valence-corrected chi connectivity index (χ2v) is 7.16. The first kappa shape index (κ1) is 12.2. The molecular weight excluding hydrogens is 218 g/mol. The minimum absolute atomic E-state index is 0.273. The Kier molecular flexibility index (Phi) is 2.97. The van der Waals surface area contributed by atoms with Crippen LogP contribution in [0.15, 0.2) is 24.3 Å². The van der Waals surface area contributed by atoms with Gasteiger partial charge in [-0.25, -0.2) is 0 Å². The lowest BCUT2D eigenvalue weighted by atomic mass is 9.86. The summed E-state index contributed by atoms with van der Waals surface area (Å²) in [6.07, 6.45) is 4.18. The summed E-state index contributed by atoms with van der Waals surface area (Å²) in [6, 6.07) is 10.2. The fourth-order valence-electron chi connectivity index (χ4n) is 2.72. The molecule has 18 heavy (non-hydrogen) atoms. The summed E-state index contributed by atoms with van der Waals surface area (Å²) >= 11 is 0. The number of hydrogen-bond acceptors (Lipinski definition) is 1. The van der Waals surface area contributed by atoms with Crippen LogP contribution in [-0.4, -0.2) is 12.6 Å². The Hall–Kier alpha value is -0.820. The Balaban J connectivity index is 1.57. The lowest BCUT2D eigenvalue weighted by Crippen LogP contribution is -2.19. The molecule has 2 fully saturated rings. The summed E-state index contributed by atoms with van der Waals surface area (Å²) in [6.45, 7) is 8.07. The normalized spacial score (nSPS) is 27.3. The molecule has 0 aliphatic heterocycles. The molecule has 2 saturated carbocycles. The van der Waals surface area contributed by atoms with Gasteiger partial charge in [0.1, 0.15) is 0 Å². The monoisotopic (exact) mass is 243 g/mol. The van der Waals surface area contributed by atoms with Crippen molar-refractivity contribution in [3.8, 4) is 0 Å². The van der Waals surface area contributed by atoms with Crippen LogP contribution >= 0.6 is 0 Å². The number of rotatable bonds is 4. The Morgan fingerprint density at radius 2 is 1.78 bits per heavy atom. The van der Waals surface area contributed by atoms with E-state index in [1.165, 1.54) is 31.4 Å². The summed E-state index contributed by atoms with van der Waals surface area (Å²) in [5.41, 5.74) is 3.26. The fraction of sp³-hybridized carbons (Fsp3) is 0.647. The van der Waals surface area contributed by atoms with Crippen molar-refractivity contribution in [3.63, 3.8) is 0 Å². The van der Waals surface area contributed by atoms with E-state index in [1.807, 2.05) is 0 Å². The van der Waals surface area contributed by atoms with Crippen LogP contribution in [0.25, 0.3) is 0 Å². The highest BCUT2D eigenvalue weighted by Gasteiger charge is 2.38. The first-order valence-electron chi connectivity index (χ1n) is 7.38. The lowest BCUT2D eigenvalue weighted by Gasteiger charge is -2.19. The molecule has 2 aliphatic rings. The molecule has 98 valence electrons. The van der Waals surface area contributed by atoms with Gasteiger partial charge in [-0.05, 0) is 54.2 Å². The van der Waals surface area contributed by atoms with Gasteiger partial charge < -0.3 is 5.32 Å². The maximum Gasteiger partial charge on any atom is 0.00683 e. The standard InChI is InChI=1S/C17H25N/c1-17(2,3)14-6-4-12(5-7-14)16-10-13(16)11-18-15-8-9-15/h4-7,13,15-16,18H,8-11H2,1-3H3. The van der Waals surface area contributed by atoms with Crippen molar-refractivity contribution in [3.05, 3.63) is 35.4 Å². The minimum atomic E-state index is 0.273. The average molecular weight is 243 g/mol. The van der Waals surface area contributed by atoms with E-state index in [0.717, 1.165) is 17.9 Å². The molecule has 0 aromatic heterocycles. The molecule has 0 heterocycles. The van der Waals surface area contributed by atoms with Crippen LogP contribution in [0.1, 0.15) is 57.1 Å². The Morgan fingerprint density at radius 1 is 1.11 bits per heavy atom. The smallest absolute Gasteiger partial charge is 0.00683 e. The predicted molar refractivity (Wildman–Crippen MR) is 77.0 cm³/mol. The van der Waals surface area contributed by atoms with E-state index in [0.29, 0.717) is 0 Å². The van der Waals surface area contributed by atoms with Crippen LogP contribution in [0, 0.1) is 5.92 Å². The van der Waals surface area contributed by atoms with E-state index in [-0.39, 0.29) is 5.41 Å². The van der Waals surface area contributed by atoms with Gasteiger partial charge in [-0.1, -0.05) is 45.0 Å². The van der Waals surface area contributed by atoms with E-state index >= 15 is 0 Å². The average Bonchev–Trinajstić information content (AvgIpc) is 3.20. The first-order chi connectivity index (χ1) is 8.54. The summed E-state index contributed by atoms with van der Waals surface area (Å²) in [4.78, 5) is 0. The van der Waals surface area contributed by atoms with Gasteiger partial charge in [0.15, 0.2) is 0 Å². The van der Waals surface area contributed by atoms with Crippen LogP contribution in [0.3, 0.4) is 0 Å². The number of benzene rings is 1. The van der Waals surface area contributed by atoms with Gasteiger partial charge in [0.05, 0.1) is 0 Å². The van der Waals surface area contributed by atoms with E-state index in [9.17, 15) is 0 Å². The molecule has 1 nitrogen and oxygen atoms in total. The van der Waals surface area contributed by atoms with Gasteiger partial charge in [-0.2, -0.15) is 0 Å². The van der Waals surface area contributed by atoms with Crippen LogP contribution < -0.4 is 5.32 Å². The van der Waals surface area contributed by atoms with Gasteiger partial charge in [-0.15, -0.1) is 0 Å². The zero-order valence-electron chi connectivity index (χ0n) is 11.9. The molecule has 2 aliphatic carbocycles. The Bertz CT molecular complexity index is 408. The second-order valence-electron chi connectivity index (χ2n) is 7.16. The highest BCUT2D eigenvalue weighted by atomic mass is 15.0. The molecule has 1 heteroatoms. The van der Waals surface area contributed by atoms with Crippen molar-refractivity contribution >= 4 is 0 Å². The quantitative estimate of drug-likeness (QED) is 0.847. The van der Waals surface area contributed by atoms with Gasteiger partial charge in [0.2, 0.25) is 0 Å². The largest absolute Gasteiger partial charge is 0.314 e. The fourth-order valence-corrected chi connectivity index (χ4v) is 2.72. The highest BCUT2D eigenvalue weighted by molar-refractivity contribution is 5.32. The van der Waals surface area contributed by atoms with Gasteiger partial charge in [-0.3, -0.25) is 0 Å². The van der Waals surface area contributed by atoms with Crippen LogP contribution in [0.4, 0.5) is 0 Å². The molecule has 1 N–H and O–H groups in total. The summed E-state index contributed by atoms with van der Waals surface area (Å²) in [5.74, 6) is 1.72. The Labute approximate surface area is 111 Å². The molecule has 1 aromatic rings. The molecule has 1 aromatic carbocycles. The topological polar surface area (TPSA) is 12.0 Å². The van der Waals surface area contributed by atoms with E-state index in [1.54, 1.807) is 5.56 Å². The van der Waals surface area contributed by atoms with E-state index < -0.39 is 0 Å². The second kappa shape index (κ2) is 4.38. The molecular formula is C17H25N. The van der Waals surface area contributed by atoms with Crippen molar-refractivity contribution in [1.29, 1.82) is 0 Å². The lowest BCUT2D eigenvalue weighted by molar-refractivity contribution is 0.589. The maximum atomic E-state index is 3.65. The minimum Gasteiger partial charge on any atom is -0.314 e. The maximum absolute atomic E-state index is 3.65. The third-order valence-electron chi connectivity index (χ3n) is 4.37. The first-order valence-corrected chi connectivity index (χ1v) is 7.38. The molecule has 0 amide bonds. The van der Waals surface area contributed by atoms with E-state index in [2.05, 4.69) is 50.4 Å². The van der Waals surface area contributed by atoms with Crippen LogP contribution in [0.2, 0.25) is 0 Å². The SMILES string of the molecule is CC(C)(C)c1ccc(C2CC2CNC2CC2)cc1. The summed E-state index contributed by atoms with van der Waals surface area (Å²) < 4.78 is 0. The zero-order chi connectivity index (χ0) is 12.8. The summed E-state index contributed by atoms with van der Waals surface area (Å²) in [5, 5.41) is 3.65. The van der Waals surface area contributed by atoms with Crippen LogP contribution in [0.5, 0.6) is 0 Å².